The fraction of sp³-hybridized carbons (Fsp3) is 0.138. The maximum absolute atomic E-state index is 13.5. The molecule has 1 saturated carbocycles. The van der Waals surface area contributed by atoms with Crippen molar-refractivity contribution in [3.05, 3.63) is 101 Å². The Morgan fingerprint density at radius 2 is 1.87 bits per heavy atom. The van der Waals surface area contributed by atoms with E-state index in [1.165, 1.54) is 34.2 Å². The van der Waals surface area contributed by atoms with Gasteiger partial charge in [0.15, 0.2) is 0 Å². The summed E-state index contributed by atoms with van der Waals surface area (Å²) in [4.78, 5) is 26.5. The predicted molar refractivity (Wildman–Crippen MR) is 145 cm³/mol. The number of thiophene rings is 1. The van der Waals surface area contributed by atoms with Gasteiger partial charge < -0.3 is 15.7 Å². The van der Waals surface area contributed by atoms with Crippen molar-refractivity contribution in [3.8, 4) is 17.0 Å². The first kappa shape index (κ1) is 23.9. The van der Waals surface area contributed by atoms with Gasteiger partial charge in [-0.3, -0.25) is 4.79 Å². The summed E-state index contributed by atoms with van der Waals surface area (Å²) in [5, 5.41) is 21.8. The SMILES string of the molecule is O=C(Nc1ccc(O)c(-c2cc(C3CC3)n(C(=O)NCc3cccc(F)c3)n2)c1)c1cc2ccccc2s1. The molecule has 3 aromatic carbocycles. The Morgan fingerprint density at radius 1 is 1.03 bits per heavy atom. The molecule has 2 amide bonds. The number of nitrogens with zero attached hydrogens (tertiary/aromatic N) is 2. The summed E-state index contributed by atoms with van der Waals surface area (Å²) in [5.41, 5.74) is 2.70. The average Bonchev–Trinajstić information content (AvgIpc) is 3.50. The lowest BCUT2D eigenvalue weighted by Crippen LogP contribution is -2.30. The van der Waals surface area contributed by atoms with Crippen LogP contribution in [0, 0.1) is 5.82 Å². The Kier molecular flexibility index (Phi) is 6.13. The minimum Gasteiger partial charge on any atom is -0.507 e. The zero-order chi connectivity index (χ0) is 26.2. The largest absolute Gasteiger partial charge is 0.507 e. The van der Waals surface area contributed by atoms with E-state index in [2.05, 4.69) is 15.7 Å². The molecule has 9 heteroatoms. The minimum atomic E-state index is -0.434. The number of benzene rings is 3. The number of fused-ring (bicyclic) bond motifs is 1. The van der Waals surface area contributed by atoms with Crippen LogP contribution < -0.4 is 10.6 Å². The van der Waals surface area contributed by atoms with E-state index in [1.807, 2.05) is 30.3 Å². The molecule has 0 saturated heterocycles. The van der Waals surface area contributed by atoms with Crippen LogP contribution in [0.15, 0.2) is 78.9 Å². The molecule has 0 unspecified atom stereocenters. The Bertz CT molecular complexity index is 1660. The first-order valence-corrected chi connectivity index (χ1v) is 13.0. The summed E-state index contributed by atoms with van der Waals surface area (Å²) in [7, 11) is 0. The van der Waals surface area contributed by atoms with Crippen molar-refractivity contribution < 1.29 is 19.1 Å². The van der Waals surface area contributed by atoms with Gasteiger partial charge in [-0.15, -0.1) is 11.3 Å². The highest BCUT2D eigenvalue weighted by molar-refractivity contribution is 7.20. The van der Waals surface area contributed by atoms with Crippen LogP contribution in [0.4, 0.5) is 14.9 Å². The third kappa shape index (κ3) is 4.88. The number of aromatic nitrogens is 2. The third-order valence-electron chi connectivity index (χ3n) is 6.44. The van der Waals surface area contributed by atoms with Gasteiger partial charge >= 0.3 is 6.03 Å². The number of phenols is 1. The molecule has 0 aliphatic heterocycles. The van der Waals surface area contributed by atoms with Gasteiger partial charge in [0.1, 0.15) is 11.6 Å². The van der Waals surface area contributed by atoms with Crippen molar-refractivity contribution in [1.29, 1.82) is 0 Å². The summed E-state index contributed by atoms with van der Waals surface area (Å²) in [6.07, 6.45) is 1.89. The van der Waals surface area contributed by atoms with E-state index in [0.717, 1.165) is 28.6 Å². The Balaban J connectivity index is 1.24. The van der Waals surface area contributed by atoms with Crippen LogP contribution in [0.1, 0.15) is 39.7 Å². The lowest BCUT2D eigenvalue weighted by atomic mass is 10.1. The van der Waals surface area contributed by atoms with E-state index in [0.29, 0.717) is 27.4 Å². The number of rotatable bonds is 6. The first-order chi connectivity index (χ1) is 18.4. The molecule has 2 heterocycles. The number of phenolic OH excluding ortho intramolecular Hbond substituents is 1. The van der Waals surface area contributed by atoms with Crippen LogP contribution in [0.5, 0.6) is 5.75 Å². The van der Waals surface area contributed by atoms with Gasteiger partial charge in [0, 0.05) is 28.4 Å². The highest BCUT2D eigenvalue weighted by Gasteiger charge is 2.31. The molecule has 6 rings (SSSR count). The van der Waals surface area contributed by atoms with Gasteiger partial charge in [0.2, 0.25) is 0 Å². The quantitative estimate of drug-likeness (QED) is 0.220. The number of halogens is 1. The smallest absolute Gasteiger partial charge is 0.342 e. The Morgan fingerprint density at radius 3 is 2.66 bits per heavy atom. The molecule has 3 N–H and O–H groups in total. The molecular formula is C29H23FN4O3S. The molecule has 1 aliphatic carbocycles. The molecule has 2 aromatic heterocycles. The highest BCUT2D eigenvalue weighted by atomic mass is 32.1. The third-order valence-corrected chi connectivity index (χ3v) is 7.55. The first-order valence-electron chi connectivity index (χ1n) is 12.2. The van der Waals surface area contributed by atoms with E-state index < -0.39 is 6.03 Å². The number of carbonyl (C=O) groups excluding carboxylic acids is 2. The summed E-state index contributed by atoms with van der Waals surface area (Å²) in [6.45, 7) is 0.153. The van der Waals surface area contributed by atoms with Crippen LogP contribution in [0.25, 0.3) is 21.3 Å². The van der Waals surface area contributed by atoms with E-state index in [4.69, 9.17) is 0 Å². The zero-order valence-corrected chi connectivity index (χ0v) is 21.0. The van der Waals surface area contributed by atoms with Crippen LogP contribution in [0.2, 0.25) is 0 Å². The summed E-state index contributed by atoms with van der Waals surface area (Å²) >= 11 is 1.41. The normalized spacial score (nSPS) is 13.0. The second-order valence-corrected chi connectivity index (χ2v) is 10.3. The maximum atomic E-state index is 13.5. The monoisotopic (exact) mass is 526 g/mol. The van der Waals surface area contributed by atoms with Crippen LogP contribution in [0.3, 0.4) is 0 Å². The molecule has 38 heavy (non-hydrogen) atoms. The number of aromatic hydroxyl groups is 1. The Labute approximate surface area is 221 Å². The molecule has 1 aliphatic rings. The standard InChI is InChI=1S/C29H23FN4O3S/c30-20-6-3-4-17(12-20)16-31-29(37)34-24(18-8-9-18)15-23(33-34)22-14-21(10-11-25(22)35)32-28(36)27-13-19-5-1-2-7-26(19)38-27/h1-7,10-15,18,35H,8-9,16H2,(H,31,37)(H,32,36). The topological polar surface area (TPSA) is 96.2 Å². The average molecular weight is 527 g/mol. The lowest BCUT2D eigenvalue weighted by Gasteiger charge is -2.08. The molecule has 7 nitrogen and oxygen atoms in total. The second-order valence-electron chi connectivity index (χ2n) is 9.26. The number of hydrogen-bond acceptors (Lipinski definition) is 5. The summed E-state index contributed by atoms with van der Waals surface area (Å²) in [5.74, 6) is -0.429. The van der Waals surface area contributed by atoms with E-state index >= 15 is 0 Å². The lowest BCUT2D eigenvalue weighted by molar-refractivity contribution is 0.103. The van der Waals surface area contributed by atoms with Gasteiger partial charge in [-0.05, 0) is 72.3 Å². The van der Waals surface area contributed by atoms with Crippen molar-refractivity contribution in [3.63, 3.8) is 0 Å². The fourth-order valence-corrected chi connectivity index (χ4v) is 5.32. The van der Waals surface area contributed by atoms with Crippen LogP contribution in [-0.4, -0.2) is 26.8 Å². The van der Waals surface area contributed by atoms with E-state index in [-0.39, 0.29) is 29.9 Å². The number of hydrogen-bond donors (Lipinski definition) is 3. The van der Waals surface area contributed by atoms with Crippen molar-refractivity contribution >= 4 is 39.0 Å². The summed E-state index contributed by atoms with van der Waals surface area (Å²) in [6, 6.07) is 21.8. The second kappa shape index (κ2) is 9.75. The Hall–Kier alpha value is -4.50. The highest BCUT2D eigenvalue weighted by Crippen LogP contribution is 2.42. The van der Waals surface area contributed by atoms with Crippen LogP contribution in [-0.2, 0) is 6.54 Å². The van der Waals surface area contributed by atoms with Gasteiger partial charge in [-0.25, -0.2) is 9.18 Å². The number of anilines is 1. The van der Waals surface area contributed by atoms with Gasteiger partial charge in [-0.2, -0.15) is 9.78 Å². The molecular weight excluding hydrogens is 503 g/mol. The van der Waals surface area contributed by atoms with Gasteiger partial charge in [0.25, 0.3) is 5.91 Å². The number of carbonyl (C=O) groups is 2. The van der Waals surface area contributed by atoms with Crippen molar-refractivity contribution in [2.45, 2.75) is 25.3 Å². The summed E-state index contributed by atoms with van der Waals surface area (Å²) < 4.78 is 15.8. The minimum absolute atomic E-state index is 0.0166. The van der Waals surface area contributed by atoms with Crippen molar-refractivity contribution in [2.75, 3.05) is 5.32 Å². The molecule has 0 atom stereocenters. The van der Waals surface area contributed by atoms with Crippen molar-refractivity contribution in [1.82, 2.24) is 15.1 Å². The fourth-order valence-electron chi connectivity index (χ4n) is 4.36. The molecule has 1 fully saturated rings. The predicted octanol–water partition coefficient (Wildman–Crippen LogP) is 6.50. The van der Waals surface area contributed by atoms with Crippen molar-refractivity contribution in [2.24, 2.45) is 0 Å². The van der Waals surface area contributed by atoms with Gasteiger partial charge in [-0.1, -0.05) is 30.3 Å². The molecule has 190 valence electrons. The molecule has 0 bridgehead atoms. The van der Waals surface area contributed by atoms with E-state index in [1.54, 1.807) is 30.3 Å². The molecule has 0 radical (unpaired) electrons. The van der Waals surface area contributed by atoms with Gasteiger partial charge in [0.05, 0.1) is 16.3 Å². The van der Waals surface area contributed by atoms with Crippen LogP contribution >= 0.6 is 11.3 Å². The molecule has 0 spiro atoms. The number of amides is 2. The number of nitrogens with one attached hydrogen (secondary N) is 2. The van der Waals surface area contributed by atoms with E-state index in [9.17, 15) is 19.1 Å². The zero-order valence-electron chi connectivity index (χ0n) is 20.1. The maximum Gasteiger partial charge on any atom is 0.342 e. The molecule has 5 aromatic rings.